The molecule has 0 radical (unpaired) electrons. The van der Waals surface area contributed by atoms with Crippen molar-refractivity contribution >= 4 is 0 Å². The van der Waals surface area contributed by atoms with Crippen LogP contribution in [0.1, 0.15) is 17.3 Å². The van der Waals surface area contributed by atoms with Crippen LogP contribution in [0.5, 0.6) is 0 Å². The van der Waals surface area contributed by atoms with Crippen molar-refractivity contribution < 1.29 is 0 Å². The van der Waals surface area contributed by atoms with Gasteiger partial charge in [-0.1, -0.05) is 5.21 Å². The number of nitrogens with zero attached hydrogens (tertiary/aromatic N) is 6. The van der Waals surface area contributed by atoms with Crippen LogP contribution in [0.15, 0.2) is 18.6 Å². The predicted molar refractivity (Wildman–Crippen MR) is 63.4 cm³/mol. The van der Waals surface area contributed by atoms with Gasteiger partial charge in [0.1, 0.15) is 12.2 Å². The Morgan fingerprint density at radius 3 is 2.06 bits per heavy atom. The fourth-order valence-electron chi connectivity index (χ4n) is 0.804. The van der Waals surface area contributed by atoms with Crippen LogP contribution in [0.3, 0.4) is 0 Å². The first-order valence-electron chi connectivity index (χ1n) is 5.16. The molecule has 9 nitrogen and oxygen atoms in total. The quantitative estimate of drug-likeness (QED) is 0.527. The molecule has 0 fully saturated rings. The number of aryl methyl sites for hydroxylation is 3. The van der Waals surface area contributed by atoms with Crippen LogP contribution in [-0.2, 0) is 0 Å². The second-order valence-corrected chi connectivity index (χ2v) is 3.27. The van der Waals surface area contributed by atoms with Crippen molar-refractivity contribution in [2.45, 2.75) is 20.8 Å². The molecule has 3 N–H and O–H groups in total. The van der Waals surface area contributed by atoms with E-state index < -0.39 is 0 Å². The van der Waals surface area contributed by atoms with Gasteiger partial charge in [-0.25, -0.2) is 4.98 Å². The van der Waals surface area contributed by atoms with Gasteiger partial charge in [-0.05, 0) is 26.8 Å². The van der Waals surface area contributed by atoms with Gasteiger partial charge in [0.15, 0.2) is 5.82 Å². The summed E-state index contributed by atoms with van der Waals surface area (Å²) in [7, 11) is 0. The van der Waals surface area contributed by atoms with Crippen molar-refractivity contribution in [3.63, 3.8) is 0 Å². The van der Waals surface area contributed by atoms with Crippen molar-refractivity contribution in [2.75, 3.05) is 0 Å². The number of hydrogen-bond acceptors (Lipinski definition) is 6. The number of aromatic nitrogens is 9. The molecule has 0 unspecified atom stereocenters. The average molecular weight is 249 g/mol. The molecule has 0 aliphatic rings. The summed E-state index contributed by atoms with van der Waals surface area (Å²) in [5, 5.41) is 25.4. The molecule has 3 aromatic rings. The second kappa shape index (κ2) is 7.65. The molecule has 0 saturated heterocycles. The average Bonchev–Trinajstić information content (AvgIpc) is 3.05. The third-order valence-corrected chi connectivity index (χ3v) is 1.63. The maximum atomic E-state index is 3.75. The van der Waals surface area contributed by atoms with E-state index in [0.717, 1.165) is 11.5 Å². The first-order valence-corrected chi connectivity index (χ1v) is 5.16. The Kier molecular flexibility index (Phi) is 5.73. The lowest BCUT2D eigenvalue weighted by Crippen LogP contribution is -1.69. The molecule has 0 spiro atoms. The highest BCUT2D eigenvalue weighted by Gasteiger charge is 1.78. The molecule has 96 valence electrons. The standard InChI is InChI=1S/C4H6N2.C3H5N3.C2H4N4/c1-4-2-3-5-6-4;1-3-4-2-5-6-3;1-2-3-5-6-4-2/h2-3H,1H3,(H,5,6);2H,1H3,(H,4,5,6);1H3,(H,3,4,5,6). The van der Waals surface area contributed by atoms with Crippen LogP contribution in [0.25, 0.3) is 0 Å². The van der Waals surface area contributed by atoms with E-state index in [9.17, 15) is 0 Å². The number of aromatic amines is 3. The summed E-state index contributed by atoms with van der Waals surface area (Å²) in [6, 6.07) is 1.92. The van der Waals surface area contributed by atoms with Gasteiger partial charge in [0.25, 0.3) is 0 Å². The van der Waals surface area contributed by atoms with Gasteiger partial charge in [-0.3, -0.25) is 10.2 Å². The van der Waals surface area contributed by atoms with Crippen LogP contribution in [0.2, 0.25) is 0 Å². The van der Waals surface area contributed by atoms with Crippen molar-refractivity contribution in [1.82, 2.24) is 46.0 Å². The molecular formula is C9H15N9. The smallest absolute Gasteiger partial charge is 0.171 e. The summed E-state index contributed by atoms with van der Waals surface area (Å²) in [4.78, 5) is 3.75. The van der Waals surface area contributed by atoms with Gasteiger partial charge in [0, 0.05) is 11.9 Å². The molecule has 0 aliphatic carbocycles. The fourth-order valence-corrected chi connectivity index (χ4v) is 0.804. The van der Waals surface area contributed by atoms with E-state index in [1.54, 1.807) is 13.1 Å². The van der Waals surface area contributed by atoms with Crippen molar-refractivity contribution in [3.05, 3.63) is 35.9 Å². The minimum atomic E-state index is 0.676. The molecule has 0 saturated carbocycles. The van der Waals surface area contributed by atoms with E-state index in [4.69, 9.17) is 0 Å². The molecule has 3 aromatic heterocycles. The summed E-state index contributed by atoms with van der Waals surface area (Å²) >= 11 is 0. The number of tetrazole rings is 1. The molecule has 0 bridgehead atoms. The van der Waals surface area contributed by atoms with E-state index in [1.807, 2.05) is 19.9 Å². The normalized spacial score (nSPS) is 8.83. The highest BCUT2D eigenvalue weighted by molar-refractivity contribution is 4.91. The lowest BCUT2D eigenvalue weighted by molar-refractivity contribution is 0.881. The number of hydrogen-bond donors (Lipinski definition) is 3. The van der Waals surface area contributed by atoms with Gasteiger partial charge in [-0.2, -0.15) is 15.4 Å². The van der Waals surface area contributed by atoms with Gasteiger partial charge < -0.3 is 0 Å². The third-order valence-electron chi connectivity index (χ3n) is 1.63. The fraction of sp³-hybridized carbons (Fsp3) is 0.333. The SMILES string of the molecule is Cc1ccn[nH]1.Cc1ncn[nH]1.Cc1nn[nH]n1. The van der Waals surface area contributed by atoms with Crippen LogP contribution >= 0.6 is 0 Å². The molecule has 0 amide bonds. The maximum absolute atomic E-state index is 3.75. The molecule has 3 heterocycles. The Morgan fingerprint density at radius 2 is 1.89 bits per heavy atom. The van der Waals surface area contributed by atoms with Crippen LogP contribution in [-0.4, -0.2) is 46.0 Å². The number of rotatable bonds is 0. The highest BCUT2D eigenvalue weighted by Crippen LogP contribution is 1.82. The first kappa shape index (κ1) is 13.5. The lowest BCUT2D eigenvalue weighted by atomic mass is 10.5. The monoisotopic (exact) mass is 249 g/mol. The lowest BCUT2D eigenvalue weighted by Gasteiger charge is -1.68. The zero-order valence-electron chi connectivity index (χ0n) is 10.4. The van der Waals surface area contributed by atoms with Crippen molar-refractivity contribution in [2.24, 2.45) is 0 Å². The summed E-state index contributed by atoms with van der Waals surface area (Å²) in [5.41, 5.74) is 1.11. The molecule has 3 rings (SSSR count). The van der Waals surface area contributed by atoms with E-state index in [-0.39, 0.29) is 0 Å². The highest BCUT2D eigenvalue weighted by atomic mass is 15.5. The van der Waals surface area contributed by atoms with Gasteiger partial charge in [-0.15, -0.1) is 10.2 Å². The molecular weight excluding hydrogens is 234 g/mol. The maximum Gasteiger partial charge on any atom is 0.171 e. The molecule has 0 atom stereocenters. The van der Waals surface area contributed by atoms with Crippen LogP contribution in [0.4, 0.5) is 0 Å². The topological polar surface area (TPSA) is 125 Å². The molecule has 9 heteroatoms. The predicted octanol–water partition coefficient (Wildman–Crippen LogP) is 0.339. The van der Waals surface area contributed by atoms with Gasteiger partial charge in [0.2, 0.25) is 0 Å². The summed E-state index contributed by atoms with van der Waals surface area (Å²) in [6.45, 7) is 5.59. The Balaban J connectivity index is 0.000000135. The van der Waals surface area contributed by atoms with E-state index in [0.29, 0.717) is 5.82 Å². The zero-order valence-corrected chi connectivity index (χ0v) is 10.4. The van der Waals surface area contributed by atoms with Crippen LogP contribution in [0, 0.1) is 20.8 Å². The summed E-state index contributed by atoms with van der Waals surface area (Å²) in [5.74, 6) is 1.53. The second-order valence-electron chi connectivity index (χ2n) is 3.27. The van der Waals surface area contributed by atoms with E-state index in [1.165, 1.54) is 6.33 Å². The molecule has 18 heavy (non-hydrogen) atoms. The third kappa shape index (κ3) is 6.10. The molecule has 0 aliphatic heterocycles. The first-order chi connectivity index (χ1) is 8.68. The Hall–Kier alpha value is -2.58. The summed E-state index contributed by atoms with van der Waals surface area (Å²) in [6.07, 6.45) is 3.21. The zero-order chi connectivity index (χ0) is 13.2. The van der Waals surface area contributed by atoms with E-state index >= 15 is 0 Å². The minimum Gasteiger partial charge on any atom is -0.283 e. The van der Waals surface area contributed by atoms with Crippen LogP contribution < -0.4 is 0 Å². The number of nitrogens with one attached hydrogen (secondary N) is 3. The van der Waals surface area contributed by atoms with E-state index in [2.05, 4.69) is 46.0 Å². The van der Waals surface area contributed by atoms with Gasteiger partial charge in [0.05, 0.1) is 0 Å². The Labute approximate surface area is 103 Å². The molecule has 0 aromatic carbocycles. The number of H-pyrrole nitrogens is 3. The summed E-state index contributed by atoms with van der Waals surface area (Å²) < 4.78 is 0. The van der Waals surface area contributed by atoms with Crippen molar-refractivity contribution in [1.29, 1.82) is 0 Å². The Bertz CT molecular complexity index is 405. The van der Waals surface area contributed by atoms with Gasteiger partial charge >= 0.3 is 0 Å². The largest absolute Gasteiger partial charge is 0.283 e. The Morgan fingerprint density at radius 1 is 1.06 bits per heavy atom. The minimum absolute atomic E-state index is 0.676. The van der Waals surface area contributed by atoms with Crippen molar-refractivity contribution in [3.8, 4) is 0 Å².